The quantitative estimate of drug-likeness (QED) is 0.652. The van der Waals surface area contributed by atoms with Crippen molar-refractivity contribution in [2.24, 2.45) is 0 Å². The van der Waals surface area contributed by atoms with Gasteiger partial charge in [0.1, 0.15) is 0 Å². The van der Waals surface area contributed by atoms with Crippen molar-refractivity contribution in [1.82, 2.24) is 9.88 Å². The third kappa shape index (κ3) is 3.90. The lowest BCUT2D eigenvalue weighted by molar-refractivity contribution is -0.137. The Kier molecular flexibility index (Phi) is 5.02. The first-order valence-electron chi connectivity index (χ1n) is 8.36. The molecule has 0 bridgehead atoms. The summed E-state index contributed by atoms with van der Waals surface area (Å²) in [5.74, 6) is -0.368. The van der Waals surface area contributed by atoms with Crippen molar-refractivity contribution in [3.8, 4) is 0 Å². The fraction of sp³-hybridized carbons (Fsp3) is 0.250. The van der Waals surface area contributed by atoms with Crippen LogP contribution in [0.4, 0.5) is 13.2 Å². The zero-order valence-corrected chi connectivity index (χ0v) is 14.3. The van der Waals surface area contributed by atoms with Crippen molar-refractivity contribution < 1.29 is 18.0 Å². The summed E-state index contributed by atoms with van der Waals surface area (Å²) in [5, 5.41) is 3.93. The van der Waals surface area contributed by atoms with Gasteiger partial charge in [-0.05, 0) is 55.1 Å². The van der Waals surface area contributed by atoms with Crippen LogP contribution in [0.15, 0.2) is 54.6 Å². The maximum atomic E-state index is 12.5. The van der Waals surface area contributed by atoms with Gasteiger partial charge >= 0.3 is 6.18 Å². The molecule has 0 aliphatic heterocycles. The molecular weight excluding hydrogens is 341 g/mol. The van der Waals surface area contributed by atoms with E-state index >= 15 is 0 Å². The lowest BCUT2D eigenvalue weighted by Gasteiger charge is -2.10. The van der Waals surface area contributed by atoms with E-state index in [2.05, 4.69) is 28.1 Å². The van der Waals surface area contributed by atoms with Gasteiger partial charge in [-0.25, -0.2) is 0 Å². The van der Waals surface area contributed by atoms with E-state index in [9.17, 15) is 18.0 Å². The Hall–Kier alpha value is -2.76. The number of halogens is 3. The lowest BCUT2D eigenvalue weighted by Crippen LogP contribution is -2.25. The second-order valence-electron chi connectivity index (χ2n) is 6.18. The smallest absolute Gasteiger partial charge is 0.352 e. The van der Waals surface area contributed by atoms with E-state index in [1.54, 1.807) is 0 Å². The van der Waals surface area contributed by atoms with Gasteiger partial charge in [-0.3, -0.25) is 4.79 Å². The number of amides is 1. The number of benzene rings is 2. The molecule has 1 aromatic heterocycles. The molecule has 6 heteroatoms. The molecule has 136 valence electrons. The fourth-order valence-corrected chi connectivity index (χ4v) is 3.00. The van der Waals surface area contributed by atoms with Crippen LogP contribution in [-0.4, -0.2) is 17.0 Å². The van der Waals surface area contributed by atoms with Crippen LogP contribution in [0.3, 0.4) is 0 Å². The van der Waals surface area contributed by atoms with Crippen molar-refractivity contribution in [2.75, 3.05) is 6.54 Å². The van der Waals surface area contributed by atoms with E-state index < -0.39 is 11.7 Å². The van der Waals surface area contributed by atoms with Crippen molar-refractivity contribution >= 4 is 16.8 Å². The van der Waals surface area contributed by atoms with Crippen molar-refractivity contribution in [3.63, 3.8) is 0 Å². The van der Waals surface area contributed by atoms with Gasteiger partial charge in [0, 0.05) is 29.9 Å². The van der Waals surface area contributed by atoms with Crippen LogP contribution >= 0.6 is 0 Å². The predicted molar refractivity (Wildman–Crippen MR) is 95.1 cm³/mol. The molecule has 0 fully saturated rings. The van der Waals surface area contributed by atoms with E-state index in [1.807, 2.05) is 19.1 Å². The molecule has 1 heterocycles. The molecule has 1 amide bonds. The third-order valence-electron chi connectivity index (χ3n) is 4.34. The molecule has 1 N–H and O–H groups in total. The molecule has 2 aromatic carbocycles. The van der Waals surface area contributed by atoms with Crippen LogP contribution < -0.4 is 5.32 Å². The molecule has 26 heavy (non-hydrogen) atoms. The van der Waals surface area contributed by atoms with Gasteiger partial charge in [0.15, 0.2) is 0 Å². The average Bonchev–Trinajstić information content (AvgIpc) is 2.93. The Labute approximate surface area is 149 Å². The number of aryl methyl sites for hydroxylation is 2. The van der Waals surface area contributed by atoms with Gasteiger partial charge in [0.25, 0.3) is 5.91 Å². The van der Waals surface area contributed by atoms with E-state index in [0.717, 1.165) is 36.3 Å². The molecular formula is C20H19F3N2O. The molecule has 3 aromatic rings. The highest BCUT2D eigenvalue weighted by Crippen LogP contribution is 2.29. The van der Waals surface area contributed by atoms with Crippen molar-refractivity contribution in [3.05, 3.63) is 71.4 Å². The number of nitrogens with zero attached hydrogens (tertiary/aromatic N) is 1. The second kappa shape index (κ2) is 7.23. The summed E-state index contributed by atoms with van der Waals surface area (Å²) in [4.78, 5) is 12.0. The molecule has 0 aliphatic rings. The summed E-state index contributed by atoms with van der Waals surface area (Å²) in [6.07, 6.45) is -3.67. The number of carbonyl (C=O) groups excluding carboxylic acids is 1. The Bertz CT molecular complexity index is 911. The summed E-state index contributed by atoms with van der Waals surface area (Å²) in [5.41, 5.74) is 1.77. The molecule has 3 rings (SSSR count). The van der Waals surface area contributed by atoms with Gasteiger partial charge in [0.2, 0.25) is 0 Å². The number of nitrogens with one attached hydrogen (secondary N) is 1. The SMILES string of the molecule is Cc1cc2ccccc2n1CCCNC(=O)c1ccc(C(F)(F)F)cc1. The monoisotopic (exact) mass is 360 g/mol. The van der Waals surface area contributed by atoms with E-state index in [1.165, 1.54) is 17.5 Å². The van der Waals surface area contributed by atoms with E-state index in [-0.39, 0.29) is 11.5 Å². The van der Waals surface area contributed by atoms with Crippen LogP contribution in [0.25, 0.3) is 10.9 Å². The summed E-state index contributed by atoms with van der Waals surface area (Å²) in [6.45, 7) is 3.25. The van der Waals surface area contributed by atoms with Gasteiger partial charge in [-0.1, -0.05) is 18.2 Å². The van der Waals surface area contributed by atoms with Gasteiger partial charge in [0.05, 0.1) is 5.56 Å². The zero-order valence-electron chi connectivity index (χ0n) is 14.3. The Morgan fingerprint density at radius 1 is 1.08 bits per heavy atom. The molecule has 0 spiro atoms. The Morgan fingerprint density at radius 3 is 2.46 bits per heavy atom. The average molecular weight is 360 g/mol. The van der Waals surface area contributed by atoms with Gasteiger partial charge in [-0.2, -0.15) is 13.2 Å². The largest absolute Gasteiger partial charge is 0.416 e. The predicted octanol–water partition coefficient (Wildman–Crippen LogP) is 4.79. The summed E-state index contributed by atoms with van der Waals surface area (Å²) in [6, 6.07) is 14.5. The number of fused-ring (bicyclic) bond motifs is 1. The maximum Gasteiger partial charge on any atom is 0.416 e. The summed E-state index contributed by atoms with van der Waals surface area (Å²) >= 11 is 0. The Morgan fingerprint density at radius 2 is 1.77 bits per heavy atom. The van der Waals surface area contributed by atoms with Crippen LogP contribution in [-0.2, 0) is 12.7 Å². The first-order chi connectivity index (χ1) is 12.4. The van der Waals surface area contributed by atoms with Crippen LogP contribution in [0.1, 0.15) is 28.0 Å². The van der Waals surface area contributed by atoms with Crippen molar-refractivity contribution in [2.45, 2.75) is 26.1 Å². The van der Waals surface area contributed by atoms with Crippen molar-refractivity contribution in [1.29, 1.82) is 0 Å². The molecule has 0 unspecified atom stereocenters. The highest BCUT2D eigenvalue weighted by molar-refractivity contribution is 5.94. The Balaban J connectivity index is 1.54. The second-order valence-corrected chi connectivity index (χ2v) is 6.18. The normalized spacial score (nSPS) is 11.7. The van der Waals surface area contributed by atoms with Gasteiger partial charge < -0.3 is 9.88 Å². The number of carbonyl (C=O) groups is 1. The number of hydrogen-bond acceptors (Lipinski definition) is 1. The topological polar surface area (TPSA) is 34.0 Å². The molecule has 0 atom stereocenters. The molecule has 3 nitrogen and oxygen atoms in total. The minimum absolute atomic E-state index is 0.223. The standard InChI is InChI=1S/C20H19F3N2O/c1-14-13-16-5-2-3-6-18(16)25(14)12-4-11-24-19(26)15-7-9-17(10-8-15)20(21,22)23/h2-3,5-10,13H,4,11-12H2,1H3,(H,24,26). The minimum Gasteiger partial charge on any atom is -0.352 e. The summed E-state index contributed by atoms with van der Waals surface area (Å²) in [7, 11) is 0. The number of hydrogen-bond donors (Lipinski definition) is 1. The molecule has 0 radical (unpaired) electrons. The van der Waals surface area contributed by atoms with Crippen LogP contribution in [0.5, 0.6) is 0 Å². The molecule has 0 aliphatic carbocycles. The summed E-state index contributed by atoms with van der Waals surface area (Å²) < 4.78 is 39.8. The fourth-order valence-electron chi connectivity index (χ4n) is 3.00. The maximum absolute atomic E-state index is 12.5. The highest BCUT2D eigenvalue weighted by atomic mass is 19.4. The number of rotatable bonds is 5. The first kappa shape index (κ1) is 18.0. The van der Waals surface area contributed by atoms with E-state index in [4.69, 9.17) is 0 Å². The van der Waals surface area contributed by atoms with Crippen LogP contribution in [0.2, 0.25) is 0 Å². The van der Waals surface area contributed by atoms with E-state index in [0.29, 0.717) is 6.54 Å². The molecule has 0 saturated heterocycles. The van der Waals surface area contributed by atoms with Crippen LogP contribution in [0, 0.1) is 6.92 Å². The number of alkyl halides is 3. The third-order valence-corrected chi connectivity index (χ3v) is 4.34. The zero-order chi connectivity index (χ0) is 18.7. The minimum atomic E-state index is -4.40. The van der Waals surface area contributed by atoms with Gasteiger partial charge in [-0.15, -0.1) is 0 Å². The first-order valence-corrected chi connectivity index (χ1v) is 8.36. The molecule has 0 saturated carbocycles. The number of para-hydroxylation sites is 1. The lowest BCUT2D eigenvalue weighted by atomic mass is 10.1. The number of aromatic nitrogens is 1. The highest BCUT2D eigenvalue weighted by Gasteiger charge is 2.30.